The molecule has 1 aliphatic heterocycles. The van der Waals surface area contributed by atoms with Gasteiger partial charge in [-0.15, -0.1) is 0 Å². The fraction of sp³-hybridized carbons (Fsp3) is 0.444. The van der Waals surface area contributed by atoms with Crippen LogP contribution < -0.4 is 10.2 Å². The van der Waals surface area contributed by atoms with Gasteiger partial charge in [0.05, 0.1) is 24.0 Å². The fourth-order valence-corrected chi connectivity index (χ4v) is 3.99. The fourth-order valence-electron chi connectivity index (χ4n) is 3.99. The zero-order valence-electron chi connectivity index (χ0n) is 13.4. The summed E-state index contributed by atoms with van der Waals surface area (Å²) in [5.74, 6) is 0.842. The van der Waals surface area contributed by atoms with Crippen LogP contribution in [0.5, 0.6) is 0 Å². The summed E-state index contributed by atoms with van der Waals surface area (Å²) < 4.78 is 1.72. The average Bonchev–Trinajstić information content (AvgIpc) is 3.25. The number of aromatic nitrogens is 2. The van der Waals surface area contributed by atoms with Gasteiger partial charge in [0, 0.05) is 25.8 Å². The van der Waals surface area contributed by atoms with Gasteiger partial charge in [0.25, 0.3) is 0 Å². The third-order valence-electron chi connectivity index (χ3n) is 5.02. The Labute approximate surface area is 136 Å². The minimum absolute atomic E-state index is 0.00908. The van der Waals surface area contributed by atoms with Gasteiger partial charge in [0.15, 0.2) is 0 Å². The van der Waals surface area contributed by atoms with Gasteiger partial charge < -0.3 is 10.2 Å². The number of benzene rings is 1. The maximum absolute atomic E-state index is 12.4. The smallest absolute Gasteiger partial charge is 0.228 e. The van der Waals surface area contributed by atoms with E-state index in [1.807, 2.05) is 25.4 Å². The van der Waals surface area contributed by atoms with Crippen molar-refractivity contribution in [3.8, 4) is 0 Å². The van der Waals surface area contributed by atoms with Crippen molar-refractivity contribution in [2.75, 3.05) is 16.8 Å². The molecule has 5 nitrogen and oxygen atoms in total. The Kier molecular flexibility index (Phi) is 3.56. The molecule has 1 aromatic heterocycles. The first-order valence-corrected chi connectivity index (χ1v) is 8.32. The van der Waals surface area contributed by atoms with Gasteiger partial charge in [-0.05, 0) is 42.9 Å². The highest BCUT2D eigenvalue weighted by molar-refractivity contribution is 5.95. The van der Waals surface area contributed by atoms with E-state index in [9.17, 15) is 4.79 Å². The second kappa shape index (κ2) is 5.72. The molecule has 2 aromatic rings. The Balaban J connectivity index is 1.49. The minimum Gasteiger partial charge on any atom is -0.367 e. The van der Waals surface area contributed by atoms with E-state index in [0.29, 0.717) is 12.5 Å². The number of nitrogens with zero attached hydrogens (tertiary/aromatic N) is 3. The SMILES string of the molecule is Cn1cc(CC(=O)Nc2ccccc2N2CC3CCC2C3)cn1. The van der Waals surface area contributed by atoms with E-state index in [1.54, 1.807) is 10.9 Å². The Hall–Kier alpha value is -2.30. The van der Waals surface area contributed by atoms with Crippen LogP contribution in [0.3, 0.4) is 0 Å². The van der Waals surface area contributed by atoms with Crippen molar-refractivity contribution in [1.82, 2.24) is 9.78 Å². The van der Waals surface area contributed by atoms with Gasteiger partial charge in [-0.25, -0.2) is 0 Å². The Morgan fingerprint density at radius 3 is 2.91 bits per heavy atom. The monoisotopic (exact) mass is 310 g/mol. The molecule has 1 amide bonds. The molecule has 23 heavy (non-hydrogen) atoms. The number of piperidine rings is 1. The molecule has 0 radical (unpaired) electrons. The van der Waals surface area contributed by atoms with Crippen molar-refractivity contribution in [3.05, 3.63) is 42.2 Å². The molecule has 1 saturated carbocycles. The van der Waals surface area contributed by atoms with E-state index in [4.69, 9.17) is 0 Å². The zero-order chi connectivity index (χ0) is 15.8. The summed E-state index contributed by atoms with van der Waals surface area (Å²) in [6.07, 6.45) is 7.92. The van der Waals surface area contributed by atoms with Crippen LogP contribution in [0.1, 0.15) is 24.8 Å². The number of carbonyl (C=O) groups excluding carboxylic acids is 1. The highest BCUT2D eigenvalue weighted by Crippen LogP contribution is 2.42. The normalized spacial score (nSPS) is 22.6. The molecule has 2 aliphatic rings. The first kappa shape index (κ1) is 14.3. The van der Waals surface area contributed by atoms with Crippen molar-refractivity contribution in [1.29, 1.82) is 0 Å². The second-order valence-electron chi connectivity index (χ2n) is 6.75. The Bertz CT molecular complexity index is 723. The lowest BCUT2D eigenvalue weighted by molar-refractivity contribution is -0.115. The molecule has 0 spiro atoms. The van der Waals surface area contributed by atoms with Crippen LogP contribution in [0.4, 0.5) is 11.4 Å². The molecule has 2 atom stereocenters. The van der Waals surface area contributed by atoms with E-state index in [2.05, 4.69) is 27.4 Å². The Morgan fingerprint density at radius 2 is 2.22 bits per heavy atom. The van der Waals surface area contributed by atoms with Crippen LogP contribution in [0.15, 0.2) is 36.7 Å². The molecule has 1 aliphatic carbocycles. The number of anilines is 2. The molecule has 4 rings (SSSR count). The number of para-hydroxylation sites is 2. The zero-order valence-corrected chi connectivity index (χ0v) is 13.4. The molecule has 2 unspecified atom stereocenters. The predicted octanol–water partition coefficient (Wildman–Crippen LogP) is 2.59. The Morgan fingerprint density at radius 1 is 1.35 bits per heavy atom. The number of amides is 1. The van der Waals surface area contributed by atoms with Gasteiger partial charge in [0.2, 0.25) is 5.91 Å². The van der Waals surface area contributed by atoms with Gasteiger partial charge in [-0.1, -0.05) is 12.1 Å². The van der Waals surface area contributed by atoms with Crippen LogP contribution in [0.25, 0.3) is 0 Å². The molecule has 2 heterocycles. The maximum atomic E-state index is 12.4. The number of aryl methyl sites for hydroxylation is 1. The summed E-state index contributed by atoms with van der Waals surface area (Å²) in [6, 6.07) is 8.81. The number of hydrogen-bond acceptors (Lipinski definition) is 3. The summed E-state index contributed by atoms with van der Waals surface area (Å²) in [5, 5.41) is 7.20. The topological polar surface area (TPSA) is 50.2 Å². The van der Waals surface area contributed by atoms with Gasteiger partial charge in [0.1, 0.15) is 0 Å². The van der Waals surface area contributed by atoms with Crippen LogP contribution in [-0.4, -0.2) is 28.3 Å². The molecule has 2 fully saturated rings. The molecular formula is C18H22N4O. The second-order valence-corrected chi connectivity index (χ2v) is 6.75. The number of hydrogen-bond donors (Lipinski definition) is 1. The lowest BCUT2D eigenvalue weighted by Crippen LogP contribution is -2.32. The molecule has 2 bridgehead atoms. The first-order chi connectivity index (χ1) is 11.2. The molecule has 5 heteroatoms. The van der Waals surface area contributed by atoms with Crippen molar-refractivity contribution in [3.63, 3.8) is 0 Å². The number of nitrogens with one attached hydrogen (secondary N) is 1. The van der Waals surface area contributed by atoms with Crippen LogP contribution in [0.2, 0.25) is 0 Å². The molecule has 1 N–H and O–H groups in total. The van der Waals surface area contributed by atoms with Crippen LogP contribution in [-0.2, 0) is 18.3 Å². The lowest BCUT2D eigenvalue weighted by atomic mass is 10.1. The summed E-state index contributed by atoms with van der Waals surface area (Å²) in [6.45, 7) is 1.13. The molecule has 1 aromatic carbocycles. The molecule has 1 saturated heterocycles. The van der Waals surface area contributed by atoms with Crippen LogP contribution in [0, 0.1) is 5.92 Å². The summed E-state index contributed by atoms with van der Waals surface area (Å²) >= 11 is 0. The van der Waals surface area contributed by atoms with E-state index in [0.717, 1.165) is 23.7 Å². The minimum atomic E-state index is 0.00908. The number of fused-ring (bicyclic) bond motifs is 2. The average molecular weight is 310 g/mol. The van der Waals surface area contributed by atoms with Crippen molar-refractivity contribution in [2.45, 2.75) is 31.7 Å². The first-order valence-electron chi connectivity index (χ1n) is 8.32. The van der Waals surface area contributed by atoms with Crippen LogP contribution >= 0.6 is 0 Å². The highest BCUT2D eigenvalue weighted by Gasteiger charge is 2.38. The van der Waals surface area contributed by atoms with Crippen molar-refractivity contribution < 1.29 is 4.79 Å². The van der Waals surface area contributed by atoms with Gasteiger partial charge in [-0.3, -0.25) is 9.48 Å². The van der Waals surface area contributed by atoms with E-state index in [1.165, 1.54) is 24.9 Å². The van der Waals surface area contributed by atoms with Crippen molar-refractivity contribution in [2.24, 2.45) is 13.0 Å². The quantitative estimate of drug-likeness (QED) is 0.944. The van der Waals surface area contributed by atoms with E-state index >= 15 is 0 Å². The lowest BCUT2D eigenvalue weighted by Gasteiger charge is -2.31. The standard InChI is InChI=1S/C18H22N4O/c1-21-11-14(10-19-21)9-18(23)20-16-4-2-3-5-17(16)22-12-13-6-7-15(22)8-13/h2-5,10-11,13,15H,6-9,12H2,1H3,(H,20,23). The largest absolute Gasteiger partial charge is 0.367 e. The molecular weight excluding hydrogens is 288 g/mol. The third-order valence-corrected chi connectivity index (χ3v) is 5.02. The summed E-state index contributed by atoms with van der Waals surface area (Å²) in [7, 11) is 1.86. The number of rotatable bonds is 4. The highest BCUT2D eigenvalue weighted by atomic mass is 16.1. The summed E-state index contributed by atoms with van der Waals surface area (Å²) in [5.41, 5.74) is 3.02. The maximum Gasteiger partial charge on any atom is 0.228 e. The van der Waals surface area contributed by atoms with E-state index in [-0.39, 0.29) is 5.91 Å². The summed E-state index contributed by atoms with van der Waals surface area (Å²) in [4.78, 5) is 14.8. The van der Waals surface area contributed by atoms with E-state index < -0.39 is 0 Å². The van der Waals surface area contributed by atoms with Gasteiger partial charge in [-0.2, -0.15) is 5.10 Å². The number of carbonyl (C=O) groups is 1. The van der Waals surface area contributed by atoms with Gasteiger partial charge >= 0.3 is 0 Å². The molecule has 120 valence electrons. The third kappa shape index (κ3) is 2.83. The van der Waals surface area contributed by atoms with Crippen molar-refractivity contribution >= 4 is 17.3 Å². The predicted molar refractivity (Wildman–Crippen MR) is 90.5 cm³/mol.